The zero-order valence-electron chi connectivity index (χ0n) is 17.1. The van der Waals surface area contributed by atoms with Gasteiger partial charge in [-0.25, -0.2) is 0 Å². The second-order valence-electron chi connectivity index (χ2n) is 7.00. The van der Waals surface area contributed by atoms with Crippen molar-refractivity contribution in [1.82, 2.24) is 19.6 Å². The van der Waals surface area contributed by atoms with E-state index in [1.165, 1.54) is 0 Å². The molecule has 2 aromatic heterocycles. The number of anilines is 1. The van der Waals surface area contributed by atoms with E-state index < -0.39 is 0 Å². The highest BCUT2D eigenvalue weighted by Gasteiger charge is 2.15. The van der Waals surface area contributed by atoms with Crippen LogP contribution in [0, 0.1) is 27.7 Å². The summed E-state index contributed by atoms with van der Waals surface area (Å²) in [5.74, 6) is 0.774. The van der Waals surface area contributed by atoms with Crippen molar-refractivity contribution in [2.45, 2.75) is 47.2 Å². The van der Waals surface area contributed by atoms with Gasteiger partial charge in [0, 0.05) is 18.7 Å². The number of hydrogen-bond donors (Lipinski definition) is 1. The van der Waals surface area contributed by atoms with E-state index in [0.717, 1.165) is 39.8 Å². The monoisotopic (exact) mass is 381 g/mol. The van der Waals surface area contributed by atoms with Crippen molar-refractivity contribution in [2.75, 3.05) is 12.4 Å². The molecule has 148 valence electrons. The number of hydrogen-bond acceptors (Lipinski definition) is 4. The van der Waals surface area contributed by atoms with Crippen LogP contribution in [0.4, 0.5) is 5.69 Å². The summed E-state index contributed by atoms with van der Waals surface area (Å²) in [4.78, 5) is 12.5. The molecule has 2 heterocycles. The van der Waals surface area contributed by atoms with E-state index in [-0.39, 0.29) is 5.91 Å². The van der Waals surface area contributed by atoms with Gasteiger partial charge in [0.25, 0.3) is 0 Å². The van der Waals surface area contributed by atoms with Crippen molar-refractivity contribution in [1.29, 1.82) is 0 Å². The van der Waals surface area contributed by atoms with Crippen LogP contribution in [0.1, 0.15) is 34.8 Å². The standard InChI is InChI=1S/C21H27N5O2/c1-14-11-15(2)25(23-14)10-9-20(27)22-21-16(3)24-26(17(21)4)13-18-7-6-8-19(12-18)28-5/h6-8,11-12H,9-10,13H2,1-5H3,(H,22,27). The maximum Gasteiger partial charge on any atom is 0.226 e. The van der Waals surface area contributed by atoms with E-state index in [1.807, 2.05) is 67.4 Å². The molecule has 28 heavy (non-hydrogen) atoms. The van der Waals surface area contributed by atoms with E-state index in [4.69, 9.17) is 4.74 Å². The molecule has 0 saturated heterocycles. The molecule has 1 N–H and O–H groups in total. The SMILES string of the molecule is COc1cccc(Cn2nc(C)c(NC(=O)CCn3nc(C)cc3C)c2C)c1. The van der Waals surface area contributed by atoms with Crippen LogP contribution in [0.5, 0.6) is 5.75 Å². The van der Waals surface area contributed by atoms with Gasteiger partial charge in [-0.3, -0.25) is 14.2 Å². The van der Waals surface area contributed by atoms with Crippen molar-refractivity contribution in [3.05, 3.63) is 58.7 Å². The highest BCUT2D eigenvalue weighted by molar-refractivity contribution is 5.91. The summed E-state index contributed by atoms with van der Waals surface area (Å²) in [6.07, 6.45) is 0.363. The molecule has 0 spiro atoms. The second-order valence-corrected chi connectivity index (χ2v) is 7.00. The van der Waals surface area contributed by atoms with E-state index in [0.29, 0.717) is 19.5 Å². The molecule has 0 saturated carbocycles. The lowest BCUT2D eigenvalue weighted by atomic mass is 10.2. The molecule has 0 radical (unpaired) electrons. The van der Waals surface area contributed by atoms with Crippen LogP contribution in [-0.2, 0) is 17.9 Å². The van der Waals surface area contributed by atoms with E-state index in [1.54, 1.807) is 7.11 Å². The Balaban J connectivity index is 1.67. The Morgan fingerprint density at radius 2 is 1.89 bits per heavy atom. The first kappa shape index (κ1) is 19.7. The normalized spacial score (nSPS) is 10.9. The third kappa shape index (κ3) is 4.42. The zero-order valence-corrected chi connectivity index (χ0v) is 17.1. The third-order valence-corrected chi connectivity index (χ3v) is 4.77. The summed E-state index contributed by atoms with van der Waals surface area (Å²) in [7, 11) is 1.65. The van der Waals surface area contributed by atoms with Gasteiger partial charge in [-0.2, -0.15) is 10.2 Å². The molecule has 7 heteroatoms. The van der Waals surface area contributed by atoms with Gasteiger partial charge >= 0.3 is 0 Å². The number of rotatable bonds is 7. The van der Waals surface area contributed by atoms with Crippen molar-refractivity contribution in [2.24, 2.45) is 0 Å². The quantitative estimate of drug-likeness (QED) is 0.681. The number of amides is 1. The lowest BCUT2D eigenvalue weighted by molar-refractivity contribution is -0.116. The molecule has 0 atom stereocenters. The first-order chi connectivity index (χ1) is 13.4. The summed E-state index contributed by atoms with van der Waals surface area (Å²) < 4.78 is 9.05. The molecule has 3 rings (SSSR count). The highest BCUT2D eigenvalue weighted by atomic mass is 16.5. The lowest BCUT2D eigenvalue weighted by Gasteiger charge is -2.09. The Bertz CT molecular complexity index is 987. The lowest BCUT2D eigenvalue weighted by Crippen LogP contribution is -2.16. The van der Waals surface area contributed by atoms with Crippen LogP contribution in [0.3, 0.4) is 0 Å². The Morgan fingerprint density at radius 3 is 2.57 bits per heavy atom. The van der Waals surface area contributed by atoms with E-state index in [2.05, 4.69) is 15.5 Å². The minimum Gasteiger partial charge on any atom is -0.497 e. The summed E-state index contributed by atoms with van der Waals surface area (Å²) in [5.41, 5.74) is 5.63. The van der Waals surface area contributed by atoms with E-state index in [9.17, 15) is 4.79 Å². The summed E-state index contributed by atoms with van der Waals surface area (Å²) in [5, 5.41) is 12.0. The van der Waals surface area contributed by atoms with Gasteiger partial charge < -0.3 is 10.1 Å². The Labute approximate surface area is 165 Å². The van der Waals surface area contributed by atoms with Gasteiger partial charge in [0.15, 0.2) is 0 Å². The van der Waals surface area contributed by atoms with Gasteiger partial charge in [0.1, 0.15) is 5.75 Å². The minimum atomic E-state index is -0.0420. The predicted octanol–water partition coefficient (Wildman–Crippen LogP) is 3.40. The highest BCUT2D eigenvalue weighted by Crippen LogP contribution is 2.22. The van der Waals surface area contributed by atoms with Crippen molar-refractivity contribution in [3.8, 4) is 5.75 Å². The van der Waals surface area contributed by atoms with Crippen LogP contribution in [0.25, 0.3) is 0 Å². The molecule has 0 fully saturated rings. The fraction of sp³-hybridized carbons (Fsp3) is 0.381. The number of carbonyl (C=O) groups excluding carboxylic acids is 1. The molecule has 0 aliphatic carbocycles. The van der Waals surface area contributed by atoms with Gasteiger partial charge in [-0.1, -0.05) is 12.1 Å². The van der Waals surface area contributed by atoms with Gasteiger partial charge in [-0.15, -0.1) is 0 Å². The maximum atomic E-state index is 12.5. The summed E-state index contributed by atoms with van der Waals surface area (Å²) >= 11 is 0. The number of carbonyl (C=O) groups is 1. The molecule has 7 nitrogen and oxygen atoms in total. The second kappa shape index (κ2) is 8.29. The average Bonchev–Trinajstić information content (AvgIpc) is 3.12. The zero-order chi connectivity index (χ0) is 20.3. The molecule has 1 aromatic carbocycles. The van der Waals surface area contributed by atoms with Crippen LogP contribution in [0.15, 0.2) is 30.3 Å². The number of aromatic nitrogens is 4. The topological polar surface area (TPSA) is 74.0 Å². The average molecular weight is 381 g/mol. The number of nitrogens with one attached hydrogen (secondary N) is 1. The largest absolute Gasteiger partial charge is 0.497 e. The number of benzene rings is 1. The first-order valence-electron chi connectivity index (χ1n) is 9.35. The molecular formula is C21H27N5O2. The molecule has 1 amide bonds. The Kier molecular flexibility index (Phi) is 5.82. The number of ether oxygens (including phenoxy) is 1. The number of methoxy groups -OCH3 is 1. The smallest absolute Gasteiger partial charge is 0.226 e. The number of aryl methyl sites for hydroxylation is 4. The molecule has 0 bridgehead atoms. The van der Waals surface area contributed by atoms with Gasteiger partial charge in [0.05, 0.1) is 36.4 Å². The maximum absolute atomic E-state index is 12.5. The number of nitrogens with zero attached hydrogens (tertiary/aromatic N) is 4. The van der Waals surface area contributed by atoms with Crippen molar-refractivity contribution < 1.29 is 9.53 Å². The van der Waals surface area contributed by atoms with Crippen LogP contribution in [0.2, 0.25) is 0 Å². The van der Waals surface area contributed by atoms with Crippen molar-refractivity contribution >= 4 is 11.6 Å². The molecule has 0 aliphatic rings. The fourth-order valence-electron chi connectivity index (χ4n) is 3.29. The van der Waals surface area contributed by atoms with Crippen LogP contribution < -0.4 is 10.1 Å². The molecule has 3 aromatic rings. The Morgan fingerprint density at radius 1 is 1.11 bits per heavy atom. The van der Waals surface area contributed by atoms with Crippen LogP contribution >= 0.6 is 0 Å². The molecule has 0 unspecified atom stereocenters. The summed E-state index contributed by atoms with van der Waals surface area (Å²) in [6, 6.07) is 9.91. The van der Waals surface area contributed by atoms with Gasteiger partial charge in [0.2, 0.25) is 5.91 Å². The minimum absolute atomic E-state index is 0.0420. The van der Waals surface area contributed by atoms with Crippen LogP contribution in [-0.4, -0.2) is 32.6 Å². The summed E-state index contributed by atoms with van der Waals surface area (Å²) in [6.45, 7) is 9.00. The molecule has 0 aliphatic heterocycles. The fourth-order valence-corrected chi connectivity index (χ4v) is 3.29. The first-order valence-corrected chi connectivity index (χ1v) is 9.35. The third-order valence-electron chi connectivity index (χ3n) is 4.77. The van der Waals surface area contributed by atoms with Crippen molar-refractivity contribution in [3.63, 3.8) is 0 Å². The van der Waals surface area contributed by atoms with E-state index >= 15 is 0 Å². The predicted molar refractivity (Wildman–Crippen MR) is 109 cm³/mol. The Hall–Kier alpha value is -3.09. The molecular weight excluding hydrogens is 354 g/mol. The van der Waals surface area contributed by atoms with Gasteiger partial charge in [-0.05, 0) is 51.5 Å².